The summed E-state index contributed by atoms with van der Waals surface area (Å²) in [5.74, 6) is -2.19. The summed E-state index contributed by atoms with van der Waals surface area (Å²) in [5.41, 5.74) is 5.11. The molecule has 0 atom stereocenters. The average Bonchev–Trinajstić information content (AvgIpc) is 2.36. The van der Waals surface area contributed by atoms with Crippen LogP contribution in [0.1, 0.15) is 10.4 Å². The lowest BCUT2D eigenvalue weighted by molar-refractivity contribution is -0.123. The molecule has 0 unspecified atom stereocenters. The van der Waals surface area contributed by atoms with E-state index in [0.29, 0.717) is 0 Å². The molecule has 0 spiro atoms. The number of rotatable bonds is 4. The maximum absolute atomic E-state index is 13.1. The third kappa shape index (κ3) is 3.75. The van der Waals surface area contributed by atoms with Gasteiger partial charge in [-0.05, 0) is 18.2 Å². The maximum Gasteiger partial charge on any atom is 0.338 e. The Morgan fingerprint density at radius 2 is 2.22 bits per heavy atom. The Bertz CT molecular complexity index is 511. The van der Waals surface area contributed by atoms with Gasteiger partial charge in [-0.15, -0.1) is 0 Å². The van der Waals surface area contributed by atoms with Crippen LogP contribution in [-0.2, 0) is 9.53 Å². The number of ether oxygens (including phenoxy) is 1. The minimum absolute atomic E-state index is 0.0465. The Balaban J connectivity index is 2.53. The highest BCUT2D eigenvalue weighted by Gasteiger charge is 2.11. The van der Waals surface area contributed by atoms with Crippen LogP contribution in [-0.4, -0.2) is 25.0 Å². The summed E-state index contributed by atoms with van der Waals surface area (Å²) in [4.78, 5) is 22.4. The normalized spacial score (nSPS) is 9.33. The van der Waals surface area contributed by atoms with Gasteiger partial charge in [0, 0.05) is 0 Å². The molecular formula is C11H10FN3O3. The van der Waals surface area contributed by atoms with Gasteiger partial charge in [-0.2, -0.15) is 5.26 Å². The molecule has 0 aliphatic rings. The SMILES string of the molecule is N#CCNC(=O)COC(=O)c1ccc(N)c(F)c1. The van der Waals surface area contributed by atoms with Gasteiger partial charge in [0.05, 0.1) is 17.3 Å². The first-order chi connectivity index (χ1) is 8.54. The number of nitriles is 1. The number of nitrogens with two attached hydrogens (primary N) is 1. The molecule has 6 nitrogen and oxygen atoms in total. The topological polar surface area (TPSA) is 105 Å². The van der Waals surface area contributed by atoms with Crippen molar-refractivity contribution in [2.24, 2.45) is 0 Å². The molecule has 0 saturated carbocycles. The Morgan fingerprint density at radius 3 is 2.83 bits per heavy atom. The molecule has 1 aromatic carbocycles. The van der Waals surface area contributed by atoms with Gasteiger partial charge < -0.3 is 15.8 Å². The fraction of sp³-hybridized carbons (Fsp3) is 0.182. The zero-order chi connectivity index (χ0) is 13.5. The van der Waals surface area contributed by atoms with Crippen molar-refractivity contribution < 1.29 is 18.7 Å². The second kappa shape index (κ2) is 6.20. The number of anilines is 1. The van der Waals surface area contributed by atoms with E-state index in [2.05, 4.69) is 10.1 Å². The van der Waals surface area contributed by atoms with Gasteiger partial charge in [0.25, 0.3) is 5.91 Å². The maximum atomic E-state index is 13.1. The van der Waals surface area contributed by atoms with E-state index in [4.69, 9.17) is 11.0 Å². The number of esters is 1. The molecule has 0 fully saturated rings. The number of carbonyl (C=O) groups is 2. The van der Waals surface area contributed by atoms with E-state index in [1.807, 2.05) is 0 Å². The molecule has 0 aliphatic heterocycles. The van der Waals surface area contributed by atoms with E-state index in [1.165, 1.54) is 12.1 Å². The smallest absolute Gasteiger partial charge is 0.338 e. The van der Waals surface area contributed by atoms with Crippen LogP contribution in [0, 0.1) is 17.1 Å². The highest BCUT2D eigenvalue weighted by molar-refractivity contribution is 5.91. The number of halogens is 1. The van der Waals surface area contributed by atoms with E-state index in [9.17, 15) is 14.0 Å². The molecule has 7 heteroatoms. The Kier molecular flexibility index (Phi) is 4.63. The lowest BCUT2D eigenvalue weighted by Gasteiger charge is -2.05. The Hall–Kier alpha value is -2.62. The molecule has 0 bridgehead atoms. The third-order valence-electron chi connectivity index (χ3n) is 1.94. The van der Waals surface area contributed by atoms with Crippen LogP contribution in [0.3, 0.4) is 0 Å². The summed E-state index contributed by atoms with van der Waals surface area (Å²) in [5, 5.41) is 10.4. The van der Waals surface area contributed by atoms with E-state index < -0.39 is 24.3 Å². The molecule has 1 rings (SSSR count). The van der Waals surface area contributed by atoms with Gasteiger partial charge >= 0.3 is 5.97 Å². The van der Waals surface area contributed by atoms with E-state index in [0.717, 1.165) is 6.07 Å². The molecule has 3 N–H and O–H groups in total. The zero-order valence-electron chi connectivity index (χ0n) is 9.27. The van der Waals surface area contributed by atoms with Crippen molar-refractivity contribution in [3.63, 3.8) is 0 Å². The van der Waals surface area contributed by atoms with Gasteiger partial charge in [0.15, 0.2) is 6.61 Å². The predicted molar refractivity (Wildman–Crippen MR) is 59.7 cm³/mol. The number of benzene rings is 1. The minimum atomic E-state index is -0.846. The fourth-order valence-corrected chi connectivity index (χ4v) is 1.06. The van der Waals surface area contributed by atoms with Crippen molar-refractivity contribution in [3.8, 4) is 6.07 Å². The number of amides is 1. The number of nitrogens with zero attached hydrogens (tertiary/aromatic N) is 1. The summed E-state index contributed by atoms with van der Waals surface area (Å²) in [6.45, 7) is -0.709. The summed E-state index contributed by atoms with van der Waals surface area (Å²) >= 11 is 0. The molecule has 18 heavy (non-hydrogen) atoms. The molecule has 1 aromatic rings. The van der Waals surface area contributed by atoms with Gasteiger partial charge in [-0.25, -0.2) is 9.18 Å². The van der Waals surface area contributed by atoms with E-state index in [1.54, 1.807) is 6.07 Å². The summed E-state index contributed by atoms with van der Waals surface area (Å²) < 4.78 is 17.7. The van der Waals surface area contributed by atoms with Crippen LogP contribution in [0.4, 0.5) is 10.1 Å². The van der Waals surface area contributed by atoms with E-state index in [-0.39, 0.29) is 17.8 Å². The Labute approximate surface area is 102 Å². The van der Waals surface area contributed by atoms with E-state index >= 15 is 0 Å². The fourth-order valence-electron chi connectivity index (χ4n) is 1.06. The number of hydrogen-bond donors (Lipinski definition) is 2. The molecular weight excluding hydrogens is 241 g/mol. The van der Waals surface area contributed by atoms with Crippen molar-refractivity contribution in [2.45, 2.75) is 0 Å². The van der Waals surface area contributed by atoms with Crippen LogP contribution in [0.25, 0.3) is 0 Å². The minimum Gasteiger partial charge on any atom is -0.452 e. The van der Waals surface area contributed by atoms with Crippen LogP contribution in [0.15, 0.2) is 18.2 Å². The van der Waals surface area contributed by atoms with Crippen molar-refractivity contribution in [1.82, 2.24) is 5.32 Å². The second-order valence-electron chi connectivity index (χ2n) is 3.25. The second-order valence-corrected chi connectivity index (χ2v) is 3.25. The Morgan fingerprint density at radius 1 is 1.50 bits per heavy atom. The quantitative estimate of drug-likeness (QED) is 0.452. The van der Waals surface area contributed by atoms with Crippen molar-refractivity contribution in [1.29, 1.82) is 5.26 Å². The predicted octanol–water partition coefficient (Wildman–Crippen LogP) is 0.204. The summed E-state index contributed by atoms with van der Waals surface area (Å²) in [7, 11) is 0. The van der Waals surface area contributed by atoms with Gasteiger partial charge in [0.1, 0.15) is 12.4 Å². The number of nitrogens with one attached hydrogen (secondary N) is 1. The first kappa shape index (κ1) is 13.4. The number of carbonyl (C=O) groups excluding carboxylic acids is 2. The first-order valence-electron chi connectivity index (χ1n) is 4.90. The largest absolute Gasteiger partial charge is 0.452 e. The standard InChI is InChI=1S/C11H10FN3O3/c12-8-5-7(1-2-9(8)14)11(17)18-6-10(16)15-4-3-13/h1-2,5H,4,6,14H2,(H,15,16). The molecule has 1 amide bonds. The molecule has 0 radical (unpaired) electrons. The van der Waals surface area contributed by atoms with Crippen molar-refractivity contribution in [2.75, 3.05) is 18.9 Å². The third-order valence-corrected chi connectivity index (χ3v) is 1.94. The first-order valence-corrected chi connectivity index (χ1v) is 4.90. The molecule has 94 valence electrons. The molecule has 0 heterocycles. The summed E-state index contributed by atoms with van der Waals surface area (Å²) in [6.07, 6.45) is 0. The molecule has 0 aromatic heterocycles. The van der Waals surface area contributed by atoms with Crippen LogP contribution >= 0.6 is 0 Å². The molecule has 0 saturated heterocycles. The number of hydrogen-bond acceptors (Lipinski definition) is 5. The van der Waals surface area contributed by atoms with Gasteiger partial charge in [-0.1, -0.05) is 0 Å². The highest BCUT2D eigenvalue weighted by atomic mass is 19.1. The van der Waals surface area contributed by atoms with Gasteiger partial charge in [0.2, 0.25) is 0 Å². The van der Waals surface area contributed by atoms with Crippen LogP contribution in [0.2, 0.25) is 0 Å². The van der Waals surface area contributed by atoms with Crippen molar-refractivity contribution >= 4 is 17.6 Å². The number of nitrogen functional groups attached to an aromatic ring is 1. The lowest BCUT2D eigenvalue weighted by Crippen LogP contribution is -2.29. The zero-order valence-corrected chi connectivity index (χ0v) is 9.27. The summed E-state index contributed by atoms with van der Waals surface area (Å²) in [6, 6.07) is 5.13. The van der Waals surface area contributed by atoms with Crippen LogP contribution in [0.5, 0.6) is 0 Å². The van der Waals surface area contributed by atoms with Gasteiger partial charge in [-0.3, -0.25) is 4.79 Å². The van der Waals surface area contributed by atoms with Crippen molar-refractivity contribution in [3.05, 3.63) is 29.6 Å². The lowest BCUT2D eigenvalue weighted by atomic mass is 10.2. The highest BCUT2D eigenvalue weighted by Crippen LogP contribution is 2.12. The molecule has 0 aliphatic carbocycles. The monoisotopic (exact) mass is 251 g/mol. The average molecular weight is 251 g/mol. The van der Waals surface area contributed by atoms with Crippen LogP contribution < -0.4 is 11.1 Å².